The van der Waals surface area contributed by atoms with E-state index in [9.17, 15) is 0 Å². The molecule has 12 heavy (non-hydrogen) atoms. The Labute approximate surface area is 86.2 Å². The maximum absolute atomic E-state index is 5.81. The maximum Gasteiger partial charge on any atom is 0.0603 e. The Morgan fingerprint density at radius 1 is 1.33 bits per heavy atom. The van der Waals surface area contributed by atoms with Crippen LogP contribution in [0.25, 0.3) is 0 Å². The van der Waals surface area contributed by atoms with E-state index < -0.39 is 0 Å². The van der Waals surface area contributed by atoms with Crippen molar-refractivity contribution >= 4 is 35.0 Å². The van der Waals surface area contributed by atoms with E-state index in [1.54, 1.807) is 17.8 Å². The van der Waals surface area contributed by atoms with Crippen molar-refractivity contribution in [3.8, 4) is 0 Å². The Balaban J connectivity index is 2.82. The van der Waals surface area contributed by atoms with Gasteiger partial charge in [-0.05, 0) is 25.1 Å². The van der Waals surface area contributed by atoms with E-state index in [4.69, 9.17) is 28.9 Å². The molecule has 0 saturated carbocycles. The molecule has 4 heteroatoms. The zero-order chi connectivity index (χ0) is 9.14. The maximum atomic E-state index is 5.81. The summed E-state index contributed by atoms with van der Waals surface area (Å²) in [5.74, 6) is 0. The van der Waals surface area contributed by atoms with Gasteiger partial charge in [-0.1, -0.05) is 23.2 Å². The molecule has 0 fully saturated rings. The number of benzene rings is 1. The molecule has 0 aliphatic heterocycles. The normalized spacial score (nSPS) is 13.0. The molecular weight excluding hydrogens is 213 g/mol. The fourth-order valence-corrected chi connectivity index (χ4v) is 1.89. The molecular formula is C8H9Cl2NS. The van der Waals surface area contributed by atoms with Crippen LogP contribution in [-0.2, 0) is 0 Å². The predicted octanol–water partition coefficient (Wildman–Crippen LogP) is 3.39. The number of thioether (sulfide) groups is 1. The molecule has 1 atom stereocenters. The molecule has 0 spiro atoms. The molecule has 0 aliphatic carbocycles. The summed E-state index contributed by atoms with van der Waals surface area (Å²) in [7, 11) is 0. The molecule has 0 aliphatic rings. The summed E-state index contributed by atoms with van der Waals surface area (Å²) in [5.41, 5.74) is 5.60. The van der Waals surface area contributed by atoms with Gasteiger partial charge >= 0.3 is 0 Å². The van der Waals surface area contributed by atoms with Crippen LogP contribution < -0.4 is 5.73 Å². The van der Waals surface area contributed by atoms with Crippen molar-refractivity contribution in [3.63, 3.8) is 0 Å². The van der Waals surface area contributed by atoms with Crippen molar-refractivity contribution in [2.24, 2.45) is 5.73 Å². The van der Waals surface area contributed by atoms with Crippen LogP contribution in [0.5, 0.6) is 0 Å². The van der Waals surface area contributed by atoms with Gasteiger partial charge in [0, 0.05) is 4.90 Å². The molecule has 0 amide bonds. The number of halogens is 2. The van der Waals surface area contributed by atoms with Crippen molar-refractivity contribution in [1.29, 1.82) is 0 Å². The minimum Gasteiger partial charge on any atom is -0.319 e. The minimum atomic E-state index is 0.0715. The largest absolute Gasteiger partial charge is 0.319 e. The van der Waals surface area contributed by atoms with Crippen LogP contribution in [0.4, 0.5) is 0 Å². The molecule has 0 heterocycles. The van der Waals surface area contributed by atoms with E-state index in [0.717, 1.165) is 4.90 Å². The Morgan fingerprint density at radius 2 is 2.00 bits per heavy atom. The summed E-state index contributed by atoms with van der Waals surface area (Å²) in [4.78, 5) is 1.04. The lowest BCUT2D eigenvalue weighted by molar-refractivity contribution is 1.04. The molecule has 1 aromatic rings. The first-order chi connectivity index (χ1) is 5.59. The summed E-state index contributed by atoms with van der Waals surface area (Å²) in [6.45, 7) is 1.92. The first-order valence-corrected chi connectivity index (χ1v) is 5.10. The van der Waals surface area contributed by atoms with Crippen LogP contribution in [0.15, 0.2) is 23.1 Å². The highest BCUT2D eigenvalue weighted by Gasteiger charge is 2.01. The third-order valence-corrected chi connectivity index (χ3v) is 2.85. The van der Waals surface area contributed by atoms with Crippen LogP contribution >= 0.6 is 35.0 Å². The fourth-order valence-electron chi connectivity index (χ4n) is 0.765. The first-order valence-electron chi connectivity index (χ1n) is 3.47. The van der Waals surface area contributed by atoms with E-state index in [1.165, 1.54) is 0 Å². The van der Waals surface area contributed by atoms with Crippen LogP contribution in [-0.4, -0.2) is 5.37 Å². The van der Waals surface area contributed by atoms with Gasteiger partial charge in [0.15, 0.2) is 0 Å². The monoisotopic (exact) mass is 221 g/mol. The van der Waals surface area contributed by atoms with Crippen molar-refractivity contribution in [1.82, 2.24) is 0 Å². The second-order valence-corrected chi connectivity index (χ2v) is 4.66. The number of rotatable bonds is 2. The molecule has 1 unspecified atom stereocenters. The lowest BCUT2D eigenvalue weighted by Crippen LogP contribution is -2.08. The highest BCUT2D eigenvalue weighted by molar-refractivity contribution is 7.99. The van der Waals surface area contributed by atoms with Gasteiger partial charge in [-0.3, -0.25) is 0 Å². The SMILES string of the molecule is CC(N)Sc1ccc(Cl)c(Cl)c1. The van der Waals surface area contributed by atoms with Crippen LogP contribution in [0.3, 0.4) is 0 Å². The topological polar surface area (TPSA) is 26.0 Å². The van der Waals surface area contributed by atoms with Gasteiger partial charge in [0.05, 0.1) is 15.4 Å². The van der Waals surface area contributed by atoms with Crippen molar-refractivity contribution < 1.29 is 0 Å². The van der Waals surface area contributed by atoms with Gasteiger partial charge in [0.25, 0.3) is 0 Å². The number of hydrogen-bond donors (Lipinski definition) is 1. The number of hydrogen-bond acceptors (Lipinski definition) is 2. The zero-order valence-corrected chi connectivity index (χ0v) is 8.88. The molecule has 1 rings (SSSR count). The molecule has 0 saturated heterocycles. The molecule has 1 nitrogen and oxygen atoms in total. The van der Waals surface area contributed by atoms with Crippen molar-refractivity contribution in [3.05, 3.63) is 28.2 Å². The van der Waals surface area contributed by atoms with Crippen LogP contribution in [0.1, 0.15) is 6.92 Å². The van der Waals surface area contributed by atoms with E-state index in [-0.39, 0.29) is 5.37 Å². The highest BCUT2D eigenvalue weighted by atomic mass is 35.5. The third kappa shape index (κ3) is 2.87. The van der Waals surface area contributed by atoms with Crippen molar-refractivity contribution in [2.75, 3.05) is 0 Å². The van der Waals surface area contributed by atoms with Gasteiger partial charge in [-0.25, -0.2) is 0 Å². The van der Waals surface area contributed by atoms with Gasteiger partial charge < -0.3 is 5.73 Å². The molecule has 0 aromatic heterocycles. The highest BCUT2D eigenvalue weighted by Crippen LogP contribution is 2.28. The zero-order valence-electron chi connectivity index (χ0n) is 6.55. The summed E-state index contributed by atoms with van der Waals surface area (Å²) in [6, 6.07) is 5.49. The molecule has 1 aromatic carbocycles. The van der Waals surface area contributed by atoms with Crippen LogP contribution in [0, 0.1) is 0 Å². The quantitative estimate of drug-likeness (QED) is 0.613. The predicted molar refractivity (Wildman–Crippen MR) is 56.0 cm³/mol. The van der Waals surface area contributed by atoms with Gasteiger partial charge in [0.1, 0.15) is 0 Å². The lowest BCUT2D eigenvalue weighted by atomic mass is 10.4. The molecule has 2 N–H and O–H groups in total. The average molecular weight is 222 g/mol. The Morgan fingerprint density at radius 3 is 2.50 bits per heavy atom. The Bertz CT molecular complexity index is 276. The van der Waals surface area contributed by atoms with Gasteiger partial charge in [0.2, 0.25) is 0 Å². The summed E-state index contributed by atoms with van der Waals surface area (Å²) in [6.07, 6.45) is 0. The Kier molecular flexibility index (Phi) is 3.72. The smallest absolute Gasteiger partial charge is 0.0603 e. The van der Waals surface area contributed by atoms with E-state index >= 15 is 0 Å². The van der Waals surface area contributed by atoms with E-state index in [1.807, 2.05) is 19.1 Å². The third-order valence-electron chi connectivity index (χ3n) is 1.21. The lowest BCUT2D eigenvalue weighted by Gasteiger charge is -2.05. The van der Waals surface area contributed by atoms with Gasteiger partial charge in [-0.15, -0.1) is 11.8 Å². The van der Waals surface area contributed by atoms with Crippen LogP contribution in [0.2, 0.25) is 10.0 Å². The summed E-state index contributed by atoms with van der Waals surface area (Å²) >= 11 is 13.1. The average Bonchev–Trinajstić information content (AvgIpc) is 1.96. The molecule has 0 radical (unpaired) electrons. The standard InChI is InChI=1S/C8H9Cl2NS/c1-5(11)12-6-2-3-7(9)8(10)4-6/h2-5H,11H2,1H3. The van der Waals surface area contributed by atoms with E-state index in [0.29, 0.717) is 10.0 Å². The first kappa shape index (κ1) is 10.2. The number of nitrogens with two attached hydrogens (primary N) is 1. The fraction of sp³-hybridized carbons (Fsp3) is 0.250. The molecule has 66 valence electrons. The Hall–Kier alpha value is 0.110. The molecule has 0 bridgehead atoms. The van der Waals surface area contributed by atoms with Crippen molar-refractivity contribution in [2.45, 2.75) is 17.2 Å². The second-order valence-electron chi connectivity index (χ2n) is 2.40. The summed E-state index contributed by atoms with van der Waals surface area (Å²) in [5, 5.41) is 1.22. The minimum absolute atomic E-state index is 0.0715. The van der Waals surface area contributed by atoms with Gasteiger partial charge in [-0.2, -0.15) is 0 Å². The second kappa shape index (κ2) is 4.38. The van der Waals surface area contributed by atoms with E-state index in [2.05, 4.69) is 0 Å². The summed E-state index contributed by atoms with van der Waals surface area (Å²) < 4.78 is 0.